The van der Waals surface area contributed by atoms with E-state index in [1.165, 1.54) is 6.92 Å². The van der Waals surface area contributed by atoms with E-state index in [1.807, 2.05) is 56.3 Å². The third-order valence-electron chi connectivity index (χ3n) is 3.14. The van der Waals surface area contributed by atoms with Crippen molar-refractivity contribution in [3.8, 4) is 5.75 Å². The largest absolute Gasteiger partial charge is 0.487 e. The third kappa shape index (κ3) is 3.60. The number of carbonyl (C=O) groups excluding carboxylic acids is 1. The Kier molecular flexibility index (Phi) is 4.41. The molecule has 0 heterocycles. The molecule has 3 nitrogen and oxygen atoms in total. The van der Waals surface area contributed by atoms with Crippen molar-refractivity contribution in [2.75, 3.05) is 5.32 Å². The molecule has 2 aromatic carbocycles. The molecule has 0 aliphatic heterocycles. The second-order valence-electron chi connectivity index (χ2n) is 4.89. The van der Waals surface area contributed by atoms with Crippen LogP contribution < -0.4 is 10.1 Å². The lowest BCUT2D eigenvalue weighted by molar-refractivity contribution is -0.114. The summed E-state index contributed by atoms with van der Waals surface area (Å²) in [5, 5.41) is 2.81. The normalized spacial score (nSPS) is 10.2. The first-order chi connectivity index (χ1) is 9.56. The van der Waals surface area contributed by atoms with Gasteiger partial charge in [0.15, 0.2) is 0 Å². The predicted molar refractivity (Wildman–Crippen MR) is 81.0 cm³/mol. The molecule has 0 bridgehead atoms. The van der Waals surface area contributed by atoms with Gasteiger partial charge in [0.05, 0.1) is 5.69 Å². The molecule has 104 valence electrons. The van der Waals surface area contributed by atoms with Crippen molar-refractivity contribution in [3.63, 3.8) is 0 Å². The first kappa shape index (κ1) is 14.1. The summed E-state index contributed by atoms with van der Waals surface area (Å²) in [6, 6.07) is 13.9. The number of anilines is 1. The molecule has 0 unspecified atom stereocenters. The zero-order valence-electron chi connectivity index (χ0n) is 12.1. The summed E-state index contributed by atoms with van der Waals surface area (Å²) < 4.78 is 5.85. The fourth-order valence-corrected chi connectivity index (χ4v) is 1.93. The molecule has 2 rings (SSSR count). The molecule has 0 aromatic heterocycles. The van der Waals surface area contributed by atoms with Gasteiger partial charge in [-0.3, -0.25) is 4.79 Å². The summed E-state index contributed by atoms with van der Waals surface area (Å²) in [7, 11) is 0. The van der Waals surface area contributed by atoms with Crippen LogP contribution in [-0.2, 0) is 11.4 Å². The van der Waals surface area contributed by atoms with Gasteiger partial charge in [0, 0.05) is 6.92 Å². The van der Waals surface area contributed by atoms with Crippen LogP contribution in [-0.4, -0.2) is 5.91 Å². The standard InChI is InChI=1S/C17H19NO2/c1-12-9-16(18-14(3)19)17(10-13(12)2)20-11-15-7-5-4-6-8-15/h4-10H,11H2,1-3H3,(H,18,19). The number of rotatable bonds is 4. The summed E-state index contributed by atoms with van der Waals surface area (Å²) in [6.45, 7) is 6.02. The van der Waals surface area contributed by atoms with Gasteiger partial charge in [-0.05, 0) is 42.7 Å². The molecule has 0 radical (unpaired) electrons. The van der Waals surface area contributed by atoms with E-state index in [9.17, 15) is 4.79 Å². The van der Waals surface area contributed by atoms with Gasteiger partial charge in [-0.1, -0.05) is 30.3 Å². The Morgan fingerprint density at radius 1 is 1.10 bits per heavy atom. The lowest BCUT2D eigenvalue weighted by Crippen LogP contribution is -2.08. The zero-order chi connectivity index (χ0) is 14.5. The van der Waals surface area contributed by atoms with Crippen molar-refractivity contribution in [2.45, 2.75) is 27.4 Å². The smallest absolute Gasteiger partial charge is 0.221 e. The molecule has 20 heavy (non-hydrogen) atoms. The van der Waals surface area contributed by atoms with Gasteiger partial charge < -0.3 is 10.1 Å². The Morgan fingerprint density at radius 2 is 1.75 bits per heavy atom. The van der Waals surface area contributed by atoms with E-state index in [1.54, 1.807) is 0 Å². The van der Waals surface area contributed by atoms with Gasteiger partial charge in [-0.2, -0.15) is 0 Å². The van der Waals surface area contributed by atoms with Gasteiger partial charge in [0.2, 0.25) is 5.91 Å². The first-order valence-corrected chi connectivity index (χ1v) is 6.62. The molecule has 0 spiro atoms. The lowest BCUT2D eigenvalue weighted by Gasteiger charge is -2.14. The Morgan fingerprint density at radius 3 is 2.40 bits per heavy atom. The molecule has 2 aromatic rings. The fourth-order valence-electron chi connectivity index (χ4n) is 1.93. The maximum absolute atomic E-state index is 11.3. The van der Waals surface area contributed by atoms with Crippen LogP contribution in [0.25, 0.3) is 0 Å². The number of amides is 1. The first-order valence-electron chi connectivity index (χ1n) is 6.62. The van der Waals surface area contributed by atoms with Crippen molar-refractivity contribution in [1.29, 1.82) is 0 Å². The molecular weight excluding hydrogens is 250 g/mol. The van der Waals surface area contributed by atoms with Crippen LogP contribution in [0.2, 0.25) is 0 Å². The van der Waals surface area contributed by atoms with Crippen molar-refractivity contribution in [3.05, 3.63) is 59.2 Å². The molecule has 0 fully saturated rings. The van der Waals surface area contributed by atoms with Crippen LogP contribution >= 0.6 is 0 Å². The number of carbonyl (C=O) groups is 1. The van der Waals surface area contributed by atoms with E-state index in [-0.39, 0.29) is 5.91 Å². The maximum Gasteiger partial charge on any atom is 0.221 e. The topological polar surface area (TPSA) is 38.3 Å². The molecule has 0 saturated carbocycles. The van der Waals surface area contributed by atoms with Crippen LogP contribution in [0.3, 0.4) is 0 Å². The summed E-state index contributed by atoms with van der Waals surface area (Å²) in [5.41, 5.74) is 4.08. The van der Waals surface area contributed by atoms with Crippen LogP contribution in [0.1, 0.15) is 23.6 Å². The minimum Gasteiger partial charge on any atom is -0.487 e. The van der Waals surface area contributed by atoms with Crippen LogP contribution in [0.5, 0.6) is 5.75 Å². The van der Waals surface area contributed by atoms with E-state index >= 15 is 0 Å². The van der Waals surface area contributed by atoms with E-state index in [0.29, 0.717) is 12.4 Å². The molecule has 1 amide bonds. The predicted octanol–water partition coefficient (Wildman–Crippen LogP) is 3.84. The van der Waals surface area contributed by atoms with Gasteiger partial charge in [-0.25, -0.2) is 0 Å². The van der Waals surface area contributed by atoms with Gasteiger partial charge in [-0.15, -0.1) is 0 Å². The second-order valence-corrected chi connectivity index (χ2v) is 4.89. The highest BCUT2D eigenvalue weighted by Gasteiger charge is 2.08. The Bertz CT molecular complexity index is 606. The van der Waals surface area contributed by atoms with E-state index in [4.69, 9.17) is 4.74 Å². The monoisotopic (exact) mass is 269 g/mol. The third-order valence-corrected chi connectivity index (χ3v) is 3.14. The van der Waals surface area contributed by atoms with Crippen molar-refractivity contribution < 1.29 is 9.53 Å². The van der Waals surface area contributed by atoms with Crippen molar-refractivity contribution in [2.24, 2.45) is 0 Å². The second kappa shape index (κ2) is 6.24. The molecular formula is C17H19NO2. The van der Waals surface area contributed by atoms with Crippen LogP contribution in [0.15, 0.2) is 42.5 Å². The fraction of sp³-hybridized carbons (Fsp3) is 0.235. The quantitative estimate of drug-likeness (QED) is 0.915. The number of hydrogen-bond acceptors (Lipinski definition) is 2. The van der Waals surface area contributed by atoms with Crippen LogP contribution in [0, 0.1) is 13.8 Å². The lowest BCUT2D eigenvalue weighted by atomic mass is 10.1. The number of ether oxygens (including phenoxy) is 1. The van der Waals surface area contributed by atoms with Crippen LogP contribution in [0.4, 0.5) is 5.69 Å². The average Bonchev–Trinajstić information content (AvgIpc) is 2.42. The Labute approximate surface area is 119 Å². The van der Waals surface area contributed by atoms with Crippen molar-refractivity contribution >= 4 is 11.6 Å². The molecule has 0 saturated heterocycles. The summed E-state index contributed by atoms with van der Waals surface area (Å²) >= 11 is 0. The molecule has 3 heteroatoms. The Balaban J connectivity index is 2.21. The highest BCUT2D eigenvalue weighted by atomic mass is 16.5. The van der Waals surface area contributed by atoms with Gasteiger partial charge in [0.1, 0.15) is 12.4 Å². The minimum absolute atomic E-state index is 0.0992. The number of benzene rings is 2. The highest BCUT2D eigenvalue weighted by Crippen LogP contribution is 2.29. The van der Waals surface area contributed by atoms with Gasteiger partial charge in [0.25, 0.3) is 0 Å². The molecule has 0 aliphatic rings. The molecule has 0 atom stereocenters. The SMILES string of the molecule is CC(=O)Nc1cc(C)c(C)cc1OCc1ccccc1. The van der Waals surface area contributed by atoms with E-state index in [0.717, 1.165) is 22.4 Å². The number of aryl methyl sites for hydroxylation is 2. The summed E-state index contributed by atoms with van der Waals surface area (Å²) in [6.07, 6.45) is 0. The maximum atomic E-state index is 11.3. The van der Waals surface area contributed by atoms with E-state index < -0.39 is 0 Å². The highest BCUT2D eigenvalue weighted by molar-refractivity contribution is 5.90. The van der Waals surface area contributed by atoms with Crippen molar-refractivity contribution in [1.82, 2.24) is 0 Å². The van der Waals surface area contributed by atoms with E-state index in [2.05, 4.69) is 5.32 Å². The summed E-state index contributed by atoms with van der Waals surface area (Å²) in [4.78, 5) is 11.3. The minimum atomic E-state index is -0.0992. The summed E-state index contributed by atoms with van der Waals surface area (Å²) in [5.74, 6) is 0.602. The average molecular weight is 269 g/mol. The van der Waals surface area contributed by atoms with Gasteiger partial charge >= 0.3 is 0 Å². The molecule has 1 N–H and O–H groups in total. The zero-order valence-corrected chi connectivity index (χ0v) is 12.1. The Hall–Kier alpha value is -2.29. The number of hydrogen-bond donors (Lipinski definition) is 1. The molecule has 0 aliphatic carbocycles. The number of nitrogens with one attached hydrogen (secondary N) is 1.